The molecule has 1 saturated heterocycles. The van der Waals surface area contributed by atoms with Gasteiger partial charge in [0.05, 0.1) is 13.2 Å². The van der Waals surface area contributed by atoms with Crippen LogP contribution < -0.4 is 0 Å². The Morgan fingerprint density at radius 1 is 1.26 bits per heavy atom. The van der Waals surface area contributed by atoms with E-state index in [0.717, 1.165) is 6.54 Å². The van der Waals surface area contributed by atoms with E-state index in [1.807, 2.05) is 32.0 Å². The van der Waals surface area contributed by atoms with Crippen molar-refractivity contribution in [3.63, 3.8) is 0 Å². The summed E-state index contributed by atoms with van der Waals surface area (Å²) in [7, 11) is -2.98. The van der Waals surface area contributed by atoms with E-state index in [2.05, 4.69) is 24.0 Å². The Labute approximate surface area is 115 Å². The van der Waals surface area contributed by atoms with Crippen molar-refractivity contribution < 1.29 is 13.6 Å². The molecule has 0 aliphatic carbocycles. The maximum Gasteiger partial charge on any atom is 0.348 e. The molecule has 1 aliphatic rings. The molecule has 0 amide bonds. The van der Waals surface area contributed by atoms with Gasteiger partial charge < -0.3 is 9.05 Å². The molecule has 0 aromatic heterocycles. The summed E-state index contributed by atoms with van der Waals surface area (Å²) in [4.78, 5) is 2.17. The van der Waals surface area contributed by atoms with Gasteiger partial charge in [0.1, 0.15) is 5.78 Å². The van der Waals surface area contributed by atoms with Crippen LogP contribution in [0.1, 0.15) is 32.4 Å². The van der Waals surface area contributed by atoms with Gasteiger partial charge in [0.15, 0.2) is 0 Å². The second kappa shape index (κ2) is 6.19. The fourth-order valence-electron chi connectivity index (χ4n) is 2.33. The van der Waals surface area contributed by atoms with Crippen LogP contribution in [0, 0.1) is 0 Å². The second-order valence-electron chi connectivity index (χ2n) is 4.64. The van der Waals surface area contributed by atoms with E-state index >= 15 is 0 Å². The molecule has 1 aliphatic heterocycles. The summed E-state index contributed by atoms with van der Waals surface area (Å²) in [5.74, 6) is -0.0948. The van der Waals surface area contributed by atoms with E-state index in [1.165, 1.54) is 5.56 Å². The minimum Gasteiger partial charge on any atom is -0.308 e. The third-order valence-corrected chi connectivity index (χ3v) is 5.81. The van der Waals surface area contributed by atoms with Crippen molar-refractivity contribution in [2.24, 2.45) is 0 Å². The molecule has 1 aromatic rings. The Balaban J connectivity index is 2.05. The van der Waals surface area contributed by atoms with Gasteiger partial charge in [-0.05, 0) is 26.3 Å². The summed E-state index contributed by atoms with van der Waals surface area (Å²) in [5, 5.41) is 0. The maximum atomic E-state index is 12.6. The van der Waals surface area contributed by atoms with Crippen LogP contribution in [-0.4, -0.2) is 30.4 Å². The molecule has 0 N–H and O–H groups in total. The highest BCUT2D eigenvalue weighted by molar-refractivity contribution is 7.55. The first-order valence-corrected chi connectivity index (χ1v) is 8.43. The number of nitrogens with zero attached hydrogens (tertiary/aromatic N) is 1. The summed E-state index contributed by atoms with van der Waals surface area (Å²) in [5.41, 5.74) is 1.23. The fourth-order valence-corrected chi connectivity index (χ4v) is 4.42. The zero-order valence-corrected chi connectivity index (χ0v) is 12.7. The molecule has 0 saturated carbocycles. The average molecular weight is 283 g/mol. The summed E-state index contributed by atoms with van der Waals surface area (Å²) in [6, 6.07) is 10.5. The lowest BCUT2D eigenvalue weighted by Crippen LogP contribution is -2.11. The molecule has 2 rings (SSSR count). The van der Waals surface area contributed by atoms with Crippen LogP contribution in [0.2, 0.25) is 0 Å². The van der Waals surface area contributed by atoms with Crippen molar-refractivity contribution in [2.45, 2.75) is 32.6 Å². The first-order chi connectivity index (χ1) is 9.12. The van der Waals surface area contributed by atoms with Crippen LogP contribution >= 0.6 is 7.60 Å². The van der Waals surface area contributed by atoms with Gasteiger partial charge in [-0.2, -0.15) is 0 Å². The first-order valence-electron chi connectivity index (χ1n) is 6.82. The minimum absolute atomic E-state index is 0.0948. The van der Waals surface area contributed by atoms with E-state index in [-0.39, 0.29) is 11.8 Å². The molecule has 3 atom stereocenters. The van der Waals surface area contributed by atoms with Crippen LogP contribution in [0.25, 0.3) is 0 Å². The standard InChI is InChI=1S/C14H22NO3P/c1-4-17-19(16,18-5-2)14-11-15(14)12(3)13-9-7-6-8-10-13/h6-10,12,14H,4-5,11H2,1-3H3/t12-,14?,15?/m1/s1. The van der Waals surface area contributed by atoms with Gasteiger partial charge in [-0.15, -0.1) is 0 Å². The third kappa shape index (κ3) is 3.26. The molecular formula is C14H22NO3P. The van der Waals surface area contributed by atoms with Gasteiger partial charge in [-0.3, -0.25) is 9.46 Å². The summed E-state index contributed by atoms with van der Waals surface area (Å²) < 4.78 is 23.4. The number of hydrogen-bond donors (Lipinski definition) is 0. The van der Waals surface area contributed by atoms with Gasteiger partial charge in [0, 0.05) is 12.6 Å². The number of rotatable bonds is 7. The molecule has 106 valence electrons. The molecular weight excluding hydrogens is 261 g/mol. The zero-order chi connectivity index (χ0) is 13.9. The van der Waals surface area contributed by atoms with Crippen LogP contribution in [0.5, 0.6) is 0 Å². The molecule has 1 fully saturated rings. The number of hydrogen-bond acceptors (Lipinski definition) is 4. The average Bonchev–Trinajstić information content (AvgIpc) is 3.20. The summed E-state index contributed by atoms with van der Waals surface area (Å²) >= 11 is 0. The topological polar surface area (TPSA) is 38.5 Å². The van der Waals surface area contributed by atoms with Crippen LogP contribution in [-0.2, 0) is 13.6 Å². The molecule has 0 bridgehead atoms. The first kappa shape index (κ1) is 14.7. The zero-order valence-electron chi connectivity index (χ0n) is 11.8. The van der Waals surface area contributed by atoms with Crippen molar-refractivity contribution in [1.29, 1.82) is 0 Å². The highest BCUT2D eigenvalue weighted by Gasteiger charge is 2.53. The van der Waals surface area contributed by atoms with E-state index in [9.17, 15) is 4.57 Å². The van der Waals surface area contributed by atoms with Crippen molar-refractivity contribution in [2.75, 3.05) is 19.8 Å². The van der Waals surface area contributed by atoms with E-state index in [4.69, 9.17) is 9.05 Å². The summed E-state index contributed by atoms with van der Waals surface area (Å²) in [6.45, 7) is 7.42. The highest BCUT2D eigenvalue weighted by Crippen LogP contribution is 2.61. The smallest absolute Gasteiger partial charge is 0.308 e. The van der Waals surface area contributed by atoms with E-state index in [0.29, 0.717) is 13.2 Å². The van der Waals surface area contributed by atoms with E-state index in [1.54, 1.807) is 0 Å². The van der Waals surface area contributed by atoms with Crippen LogP contribution in [0.3, 0.4) is 0 Å². The van der Waals surface area contributed by atoms with Gasteiger partial charge in [-0.25, -0.2) is 0 Å². The van der Waals surface area contributed by atoms with Crippen LogP contribution in [0.15, 0.2) is 30.3 Å². The van der Waals surface area contributed by atoms with E-state index < -0.39 is 7.60 Å². The minimum atomic E-state index is -2.98. The van der Waals surface area contributed by atoms with Crippen molar-refractivity contribution in [3.8, 4) is 0 Å². The lowest BCUT2D eigenvalue weighted by atomic mass is 10.1. The quantitative estimate of drug-likeness (QED) is 0.565. The monoisotopic (exact) mass is 283 g/mol. The Morgan fingerprint density at radius 2 is 1.84 bits per heavy atom. The van der Waals surface area contributed by atoms with Gasteiger partial charge in [0.2, 0.25) is 0 Å². The predicted molar refractivity (Wildman–Crippen MR) is 76.2 cm³/mol. The Bertz CT molecular complexity index is 441. The fraction of sp³-hybridized carbons (Fsp3) is 0.571. The second-order valence-corrected chi connectivity index (χ2v) is 6.83. The Kier molecular flexibility index (Phi) is 4.80. The Morgan fingerprint density at radius 3 is 2.37 bits per heavy atom. The van der Waals surface area contributed by atoms with Crippen LogP contribution in [0.4, 0.5) is 0 Å². The van der Waals surface area contributed by atoms with Crippen molar-refractivity contribution in [1.82, 2.24) is 4.90 Å². The summed E-state index contributed by atoms with van der Waals surface area (Å²) in [6.07, 6.45) is 0. The molecule has 0 spiro atoms. The molecule has 1 heterocycles. The largest absolute Gasteiger partial charge is 0.348 e. The lowest BCUT2D eigenvalue weighted by Gasteiger charge is -2.20. The third-order valence-electron chi connectivity index (χ3n) is 3.39. The molecule has 0 radical (unpaired) electrons. The van der Waals surface area contributed by atoms with Crippen molar-refractivity contribution >= 4 is 7.60 Å². The normalized spacial score (nSPS) is 24.2. The molecule has 1 aromatic carbocycles. The van der Waals surface area contributed by atoms with Gasteiger partial charge in [-0.1, -0.05) is 30.3 Å². The maximum absolute atomic E-state index is 12.6. The van der Waals surface area contributed by atoms with Gasteiger partial charge >= 0.3 is 7.60 Å². The predicted octanol–water partition coefficient (Wildman–Crippen LogP) is 3.66. The molecule has 5 heteroatoms. The molecule has 2 unspecified atom stereocenters. The number of benzene rings is 1. The SMILES string of the molecule is CCOP(=O)(OCC)C1CN1[C@H](C)c1ccccc1. The lowest BCUT2D eigenvalue weighted by molar-refractivity contribution is 0.212. The highest BCUT2D eigenvalue weighted by atomic mass is 31.2. The van der Waals surface area contributed by atoms with Gasteiger partial charge in [0.25, 0.3) is 0 Å². The van der Waals surface area contributed by atoms with Crippen molar-refractivity contribution in [3.05, 3.63) is 35.9 Å². The molecule has 19 heavy (non-hydrogen) atoms. The molecule has 4 nitrogen and oxygen atoms in total. The Hall–Kier alpha value is -0.670.